The van der Waals surface area contributed by atoms with Crippen LogP contribution in [0, 0.1) is 13.8 Å². The van der Waals surface area contributed by atoms with Gasteiger partial charge in [-0.25, -0.2) is 9.97 Å². The zero-order chi connectivity index (χ0) is 17.5. The lowest BCUT2D eigenvalue weighted by Crippen LogP contribution is -2.17. The number of nitrogen functional groups attached to an aromatic ring is 1. The molecule has 0 saturated carbocycles. The van der Waals surface area contributed by atoms with Crippen LogP contribution in [-0.4, -0.2) is 33.4 Å². The van der Waals surface area contributed by atoms with Crippen molar-refractivity contribution in [2.45, 2.75) is 59.4 Å². The molecular formula is C18H31N5S. The Hall–Kier alpha value is -1.27. The molecule has 0 amide bonds. The first-order valence-electron chi connectivity index (χ1n) is 9.03. The van der Waals surface area contributed by atoms with E-state index in [1.807, 2.05) is 6.92 Å². The number of nitrogens with one attached hydrogen (secondary N) is 1. The SMILES string of the molecule is CCCc1nc2c(N)nc(C)c(C)c2n1CCCCNCCCS. The van der Waals surface area contributed by atoms with Crippen molar-refractivity contribution in [3.05, 3.63) is 17.1 Å². The van der Waals surface area contributed by atoms with Gasteiger partial charge in [0.1, 0.15) is 11.3 Å². The van der Waals surface area contributed by atoms with Gasteiger partial charge in [-0.3, -0.25) is 0 Å². The highest BCUT2D eigenvalue weighted by Gasteiger charge is 2.16. The van der Waals surface area contributed by atoms with Gasteiger partial charge in [0.15, 0.2) is 5.82 Å². The predicted octanol–water partition coefficient (Wildman–Crippen LogP) is 3.27. The number of anilines is 1. The number of thiol groups is 1. The summed E-state index contributed by atoms with van der Waals surface area (Å²) in [5, 5.41) is 3.47. The summed E-state index contributed by atoms with van der Waals surface area (Å²) in [4.78, 5) is 9.23. The Morgan fingerprint density at radius 3 is 2.58 bits per heavy atom. The molecule has 3 N–H and O–H groups in total. The van der Waals surface area contributed by atoms with E-state index in [0.717, 1.165) is 74.5 Å². The Kier molecular flexibility index (Phi) is 7.37. The second-order valence-electron chi connectivity index (χ2n) is 6.37. The number of pyridine rings is 1. The molecule has 0 unspecified atom stereocenters. The quantitative estimate of drug-likeness (QED) is 0.455. The third kappa shape index (κ3) is 4.42. The Bertz CT molecular complexity index is 665. The van der Waals surface area contributed by atoms with Crippen LogP contribution in [-0.2, 0) is 13.0 Å². The van der Waals surface area contributed by atoms with E-state index in [1.54, 1.807) is 0 Å². The Morgan fingerprint density at radius 2 is 1.88 bits per heavy atom. The molecule has 5 nitrogen and oxygen atoms in total. The zero-order valence-electron chi connectivity index (χ0n) is 15.2. The number of hydrogen-bond donors (Lipinski definition) is 3. The Balaban J connectivity index is 2.13. The van der Waals surface area contributed by atoms with E-state index < -0.39 is 0 Å². The van der Waals surface area contributed by atoms with Crippen molar-refractivity contribution < 1.29 is 0 Å². The standard InChI is InChI=1S/C18H31N5S/c1-4-8-15-22-16-17(13(2)14(3)21-18(16)19)23(15)11-6-5-9-20-10-7-12-24/h20,24H,4-12H2,1-3H3,(H2,19,21). The van der Waals surface area contributed by atoms with Crippen molar-refractivity contribution >= 4 is 29.5 Å². The van der Waals surface area contributed by atoms with E-state index >= 15 is 0 Å². The summed E-state index contributed by atoms with van der Waals surface area (Å²) >= 11 is 4.23. The molecule has 0 spiro atoms. The van der Waals surface area contributed by atoms with Crippen LogP contribution in [0.5, 0.6) is 0 Å². The zero-order valence-corrected chi connectivity index (χ0v) is 16.1. The number of aryl methyl sites for hydroxylation is 4. The molecule has 0 bridgehead atoms. The molecule has 0 saturated heterocycles. The maximum atomic E-state index is 6.12. The normalized spacial score (nSPS) is 11.5. The molecular weight excluding hydrogens is 318 g/mol. The lowest BCUT2D eigenvalue weighted by molar-refractivity contribution is 0.560. The summed E-state index contributed by atoms with van der Waals surface area (Å²) in [6.07, 6.45) is 5.49. The first-order chi connectivity index (χ1) is 11.6. The van der Waals surface area contributed by atoms with E-state index in [-0.39, 0.29) is 0 Å². The fourth-order valence-electron chi connectivity index (χ4n) is 3.05. The van der Waals surface area contributed by atoms with Crippen LogP contribution in [0.3, 0.4) is 0 Å². The maximum absolute atomic E-state index is 6.12. The van der Waals surface area contributed by atoms with Crippen LogP contribution >= 0.6 is 12.6 Å². The monoisotopic (exact) mass is 349 g/mol. The summed E-state index contributed by atoms with van der Waals surface area (Å²) in [6.45, 7) is 9.44. The molecule has 134 valence electrons. The smallest absolute Gasteiger partial charge is 0.151 e. The second kappa shape index (κ2) is 9.28. The average molecular weight is 350 g/mol. The Labute approximate surface area is 150 Å². The molecule has 0 atom stereocenters. The highest BCUT2D eigenvalue weighted by Crippen LogP contribution is 2.26. The second-order valence-corrected chi connectivity index (χ2v) is 6.82. The number of hydrogen-bond acceptors (Lipinski definition) is 5. The predicted molar refractivity (Wildman–Crippen MR) is 106 cm³/mol. The van der Waals surface area contributed by atoms with Crippen molar-refractivity contribution in [3.63, 3.8) is 0 Å². The van der Waals surface area contributed by atoms with Gasteiger partial charge < -0.3 is 15.6 Å². The number of nitrogens with two attached hydrogens (primary N) is 1. The number of aromatic nitrogens is 3. The highest BCUT2D eigenvalue weighted by molar-refractivity contribution is 7.80. The third-order valence-corrected chi connectivity index (χ3v) is 4.76. The minimum atomic E-state index is 0.553. The van der Waals surface area contributed by atoms with Gasteiger partial charge in [-0.05, 0) is 63.9 Å². The van der Waals surface area contributed by atoms with E-state index in [1.165, 1.54) is 11.1 Å². The van der Waals surface area contributed by atoms with Gasteiger partial charge in [0.2, 0.25) is 0 Å². The van der Waals surface area contributed by atoms with Gasteiger partial charge in [0.05, 0.1) is 5.52 Å². The molecule has 0 aromatic carbocycles. The number of nitrogens with zero attached hydrogens (tertiary/aromatic N) is 3. The van der Waals surface area contributed by atoms with Crippen molar-refractivity contribution in [1.82, 2.24) is 19.9 Å². The third-order valence-electron chi connectivity index (χ3n) is 4.45. The molecule has 0 fully saturated rings. The van der Waals surface area contributed by atoms with Crippen molar-refractivity contribution in [1.29, 1.82) is 0 Å². The van der Waals surface area contributed by atoms with Crippen LogP contribution in [0.15, 0.2) is 0 Å². The van der Waals surface area contributed by atoms with E-state index in [0.29, 0.717) is 5.82 Å². The molecule has 0 aliphatic rings. The summed E-state index contributed by atoms with van der Waals surface area (Å²) in [5.74, 6) is 2.64. The summed E-state index contributed by atoms with van der Waals surface area (Å²) in [5.41, 5.74) is 10.4. The summed E-state index contributed by atoms with van der Waals surface area (Å²) in [6, 6.07) is 0. The highest BCUT2D eigenvalue weighted by atomic mass is 32.1. The van der Waals surface area contributed by atoms with E-state index in [4.69, 9.17) is 10.7 Å². The van der Waals surface area contributed by atoms with Gasteiger partial charge >= 0.3 is 0 Å². The molecule has 2 heterocycles. The molecule has 2 aromatic rings. The number of rotatable bonds is 10. The largest absolute Gasteiger partial charge is 0.382 e. The first-order valence-corrected chi connectivity index (χ1v) is 9.66. The average Bonchev–Trinajstić information content (AvgIpc) is 2.91. The summed E-state index contributed by atoms with van der Waals surface area (Å²) in [7, 11) is 0. The lowest BCUT2D eigenvalue weighted by Gasteiger charge is -2.12. The van der Waals surface area contributed by atoms with Crippen LogP contribution in [0.4, 0.5) is 5.82 Å². The fraction of sp³-hybridized carbons (Fsp3) is 0.667. The van der Waals surface area contributed by atoms with Gasteiger partial charge in [-0.15, -0.1) is 0 Å². The van der Waals surface area contributed by atoms with Gasteiger partial charge in [-0.1, -0.05) is 6.92 Å². The van der Waals surface area contributed by atoms with Gasteiger partial charge in [0.25, 0.3) is 0 Å². The van der Waals surface area contributed by atoms with E-state index in [2.05, 4.69) is 41.3 Å². The van der Waals surface area contributed by atoms with Crippen LogP contribution < -0.4 is 11.1 Å². The molecule has 6 heteroatoms. The molecule has 0 aliphatic carbocycles. The molecule has 2 rings (SSSR count). The van der Waals surface area contributed by atoms with Gasteiger partial charge in [-0.2, -0.15) is 12.6 Å². The van der Waals surface area contributed by atoms with E-state index in [9.17, 15) is 0 Å². The van der Waals surface area contributed by atoms with Crippen molar-refractivity contribution in [2.24, 2.45) is 0 Å². The number of fused-ring (bicyclic) bond motifs is 1. The molecule has 0 radical (unpaired) electrons. The van der Waals surface area contributed by atoms with Crippen LogP contribution in [0.2, 0.25) is 0 Å². The Morgan fingerprint density at radius 1 is 1.12 bits per heavy atom. The number of imidazole rings is 1. The van der Waals surface area contributed by atoms with Crippen molar-refractivity contribution in [2.75, 3.05) is 24.6 Å². The van der Waals surface area contributed by atoms with Crippen molar-refractivity contribution in [3.8, 4) is 0 Å². The first kappa shape index (κ1) is 19.1. The van der Waals surface area contributed by atoms with Crippen LogP contribution in [0.1, 0.15) is 49.7 Å². The summed E-state index contributed by atoms with van der Waals surface area (Å²) < 4.78 is 2.37. The molecule has 0 aliphatic heterocycles. The van der Waals surface area contributed by atoms with Gasteiger partial charge in [0, 0.05) is 18.7 Å². The lowest BCUT2D eigenvalue weighted by atomic mass is 10.2. The maximum Gasteiger partial charge on any atom is 0.151 e. The minimum Gasteiger partial charge on any atom is -0.382 e. The number of unbranched alkanes of at least 4 members (excludes halogenated alkanes) is 1. The minimum absolute atomic E-state index is 0.553. The topological polar surface area (TPSA) is 68.8 Å². The fourth-order valence-corrected chi connectivity index (χ4v) is 3.21. The van der Waals surface area contributed by atoms with Crippen LogP contribution in [0.25, 0.3) is 11.0 Å². The molecule has 24 heavy (non-hydrogen) atoms. The molecule has 2 aromatic heterocycles.